The van der Waals surface area contributed by atoms with Crippen molar-refractivity contribution >= 4 is 17.8 Å². The number of rotatable bonds is 6. The third kappa shape index (κ3) is 5.78. The van der Waals surface area contributed by atoms with Crippen LogP contribution >= 0.6 is 0 Å². The molecule has 2 aliphatic carbocycles. The van der Waals surface area contributed by atoms with E-state index in [-0.39, 0.29) is 41.7 Å². The molecule has 3 nitrogen and oxygen atoms in total. The fraction of sp³-hybridized carbons (Fsp3) is 0.423. The van der Waals surface area contributed by atoms with Gasteiger partial charge in [0.25, 0.3) is 0 Å². The Hall–Kier alpha value is -2.91. The van der Waals surface area contributed by atoms with Crippen LogP contribution in [0, 0.1) is 40.9 Å². The van der Waals surface area contributed by atoms with Crippen molar-refractivity contribution in [1.82, 2.24) is 0 Å². The van der Waals surface area contributed by atoms with Crippen molar-refractivity contribution in [3.63, 3.8) is 0 Å². The molecule has 0 saturated carbocycles. The van der Waals surface area contributed by atoms with E-state index in [0.717, 1.165) is 12.8 Å². The van der Waals surface area contributed by atoms with Crippen LogP contribution in [0.15, 0.2) is 52.7 Å². The minimum Gasteiger partial charge on any atom is -0.300 e. The Kier molecular flexibility index (Phi) is 6.84. The molecule has 0 fully saturated rings. The lowest BCUT2D eigenvalue weighted by molar-refractivity contribution is -0.125. The van der Waals surface area contributed by atoms with Crippen molar-refractivity contribution < 1.29 is 9.59 Å². The van der Waals surface area contributed by atoms with Gasteiger partial charge in [-0.15, -0.1) is 5.92 Å². The number of ketones is 2. The fourth-order valence-electron chi connectivity index (χ4n) is 3.73. The van der Waals surface area contributed by atoms with Gasteiger partial charge in [0.15, 0.2) is 0 Å². The quantitative estimate of drug-likeness (QED) is 0.619. The van der Waals surface area contributed by atoms with E-state index < -0.39 is 0 Å². The first-order valence-electron chi connectivity index (χ1n) is 10.2. The molecule has 0 spiro atoms. The summed E-state index contributed by atoms with van der Waals surface area (Å²) in [6, 6.07) is 0. The number of carbonyl (C=O) groups excluding carboxylic acids is 2. The zero-order chi connectivity index (χ0) is 20.7. The SMILES string of the molecule is CC1(C)CC#CCC2=C1/C=C\C(CC(=O)CCC(=O)[C@H]1C=CN=CC1)C#CC=C2. The van der Waals surface area contributed by atoms with Crippen LogP contribution in [0.4, 0.5) is 0 Å². The van der Waals surface area contributed by atoms with Gasteiger partial charge in [0.05, 0.1) is 0 Å². The molecule has 3 heteroatoms. The van der Waals surface area contributed by atoms with E-state index in [1.165, 1.54) is 11.1 Å². The minimum atomic E-state index is -0.143. The Morgan fingerprint density at radius 1 is 1.17 bits per heavy atom. The van der Waals surface area contributed by atoms with Crippen LogP contribution in [-0.2, 0) is 9.59 Å². The van der Waals surface area contributed by atoms with Gasteiger partial charge in [-0.2, -0.15) is 0 Å². The second kappa shape index (κ2) is 9.53. The number of allylic oxidation sites excluding steroid dienone is 7. The summed E-state index contributed by atoms with van der Waals surface area (Å²) in [5, 5.41) is 0. The van der Waals surface area contributed by atoms with Crippen molar-refractivity contribution in [1.29, 1.82) is 0 Å². The highest BCUT2D eigenvalue weighted by Gasteiger charge is 2.25. The molecule has 0 aromatic rings. The smallest absolute Gasteiger partial charge is 0.140 e. The number of carbonyl (C=O) groups is 2. The maximum absolute atomic E-state index is 12.5. The lowest BCUT2D eigenvalue weighted by Crippen LogP contribution is -2.16. The standard InChI is InChI=1S/C26H27NO2/c1-26(2)16-6-5-9-21-8-4-3-7-20(10-12-24(21)26)19-23(28)11-13-25(29)22-14-17-27-18-15-22/h4,8,10,12,14,17-18,20,22H,9,11,13,15-16,19H2,1-2H3/b8-4?,12-10-/t20?,22-/m0/s1. The van der Waals surface area contributed by atoms with E-state index in [9.17, 15) is 9.59 Å². The Balaban J connectivity index is 1.62. The predicted octanol–water partition coefficient (Wildman–Crippen LogP) is 4.76. The molecule has 2 atom stereocenters. The topological polar surface area (TPSA) is 46.5 Å². The summed E-state index contributed by atoms with van der Waals surface area (Å²) in [7, 11) is 0. The van der Waals surface area contributed by atoms with Crippen molar-refractivity contribution in [2.24, 2.45) is 22.2 Å². The summed E-state index contributed by atoms with van der Waals surface area (Å²) in [4.78, 5) is 28.8. The molecule has 3 aliphatic rings. The summed E-state index contributed by atoms with van der Waals surface area (Å²) in [5.74, 6) is 12.6. The molecule has 29 heavy (non-hydrogen) atoms. The molecule has 0 aromatic carbocycles. The summed E-state index contributed by atoms with van der Waals surface area (Å²) < 4.78 is 0. The highest BCUT2D eigenvalue weighted by atomic mass is 16.1. The third-order valence-corrected chi connectivity index (χ3v) is 5.52. The summed E-state index contributed by atoms with van der Waals surface area (Å²) in [6.45, 7) is 4.41. The lowest BCUT2D eigenvalue weighted by Gasteiger charge is -2.25. The highest BCUT2D eigenvalue weighted by molar-refractivity contribution is 5.90. The number of hydrogen-bond acceptors (Lipinski definition) is 3. The Morgan fingerprint density at radius 3 is 2.83 bits per heavy atom. The molecule has 1 unspecified atom stereocenters. The predicted molar refractivity (Wildman–Crippen MR) is 117 cm³/mol. The molecule has 1 heterocycles. The van der Waals surface area contributed by atoms with Crippen LogP contribution in [0.1, 0.15) is 52.4 Å². The van der Waals surface area contributed by atoms with Crippen LogP contribution in [-0.4, -0.2) is 17.8 Å². The molecule has 0 N–H and O–H groups in total. The zero-order valence-electron chi connectivity index (χ0n) is 17.2. The van der Waals surface area contributed by atoms with E-state index in [0.29, 0.717) is 12.8 Å². The van der Waals surface area contributed by atoms with E-state index in [1.807, 2.05) is 18.2 Å². The molecular weight excluding hydrogens is 358 g/mol. The van der Waals surface area contributed by atoms with E-state index in [4.69, 9.17) is 0 Å². The van der Waals surface area contributed by atoms with Gasteiger partial charge in [-0.1, -0.05) is 49.8 Å². The molecule has 1 aliphatic heterocycles. The van der Waals surface area contributed by atoms with Crippen molar-refractivity contribution in [3.05, 3.63) is 47.7 Å². The first kappa shape index (κ1) is 20.8. The van der Waals surface area contributed by atoms with Gasteiger partial charge >= 0.3 is 0 Å². The normalized spacial score (nSPS) is 25.2. The van der Waals surface area contributed by atoms with Gasteiger partial charge < -0.3 is 0 Å². The molecule has 0 amide bonds. The van der Waals surface area contributed by atoms with Crippen LogP contribution in [0.5, 0.6) is 0 Å². The van der Waals surface area contributed by atoms with E-state index in [1.54, 1.807) is 12.4 Å². The van der Waals surface area contributed by atoms with Gasteiger partial charge in [0.2, 0.25) is 0 Å². The zero-order valence-corrected chi connectivity index (χ0v) is 17.2. The maximum atomic E-state index is 12.5. The van der Waals surface area contributed by atoms with Gasteiger partial charge in [-0.25, -0.2) is 0 Å². The molecule has 148 valence electrons. The largest absolute Gasteiger partial charge is 0.300 e. The van der Waals surface area contributed by atoms with Gasteiger partial charge in [-0.05, 0) is 29.7 Å². The van der Waals surface area contributed by atoms with Crippen LogP contribution < -0.4 is 0 Å². The molecule has 0 radical (unpaired) electrons. The second-order valence-electron chi connectivity index (χ2n) is 8.34. The van der Waals surface area contributed by atoms with E-state index in [2.05, 4.69) is 54.7 Å². The first-order valence-corrected chi connectivity index (χ1v) is 10.2. The molecule has 3 rings (SSSR count). The number of aliphatic imine (C=N–C) groups is 1. The number of nitrogens with zero attached hydrogens (tertiary/aromatic N) is 1. The average molecular weight is 386 g/mol. The molecular formula is C26H27NO2. The summed E-state index contributed by atoms with van der Waals surface area (Å²) in [5.41, 5.74) is 2.41. The monoisotopic (exact) mass is 385 g/mol. The summed E-state index contributed by atoms with van der Waals surface area (Å²) in [6.07, 6.45) is 16.4. The van der Waals surface area contributed by atoms with E-state index >= 15 is 0 Å². The minimum absolute atomic E-state index is 0.0399. The lowest BCUT2D eigenvalue weighted by atomic mass is 9.78. The highest BCUT2D eigenvalue weighted by Crippen LogP contribution is 2.36. The first-order chi connectivity index (χ1) is 14.0. The van der Waals surface area contributed by atoms with Gasteiger partial charge in [-0.3, -0.25) is 14.6 Å². The Bertz CT molecular complexity index is 948. The van der Waals surface area contributed by atoms with Crippen molar-refractivity contribution in [2.75, 3.05) is 0 Å². The molecule has 0 bridgehead atoms. The number of Topliss-reactive ketones (excluding diaryl/α,β-unsaturated/α-hetero) is 2. The van der Waals surface area contributed by atoms with Crippen LogP contribution in [0.25, 0.3) is 0 Å². The van der Waals surface area contributed by atoms with Crippen molar-refractivity contribution in [2.45, 2.75) is 52.4 Å². The summed E-state index contributed by atoms with van der Waals surface area (Å²) >= 11 is 0. The van der Waals surface area contributed by atoms with Crippen LogP contribution in [0.2, 0.25) is 0 Å². The Labute approximate surface area is 173 Å². The van der Waals surface area contributed by atoms with Gasteiger partial charge in [0, 0.05) is 61.8 Å². The Morgan fingerprint density at radius 2 is 2.03 bits per heavy atom. The third-order valence-electron chi connectivity index (χ3n) is 5.52. The second-order valence-corrected chi connectivity index (χ2v) is 8.34. The fourth-order valence-corrected chi connectivity index (χ4v) is 3.73. The molecule has 0 aromatic heterocycles. The van der Waals surface area contributed by atoms with Crippen molar-refractivity contribution in [3.8, 4) is 23.7 Å². The van der Waals surface area contributed by atoms with Gasteiger partial charge in [0.1, 0.15) is 11.6 Å². The number of hydrogen-bond donors (Lipinski definition) is 0. The molecule has 0 saturated heterocycles. The maximum Gasteiger partial charge on any atom is 0.140 e. The average Bonchev–Trinajstić information content (AvgIpc) is 2.78. The van der Waals surface area contributed by atoms with Crippen LogP contribution in [0.3, 0.4) is 0 Å².